The number of hydrogen-bond donors (Lipinski definition) is 2. The van der Waals surface area contributed by atoms with Crippen LogP contribution in [0.25, 0.3) is 21.9 Å². The van der Waals surface area contributed by atoms with Gasteiger partial charge >= 0.3 is 0 Å². The lowest BCUT2D eigenvalue weighted by atomic mass is 10.2. The van der Waals surface area contributed by atoms with Gasteiger partial charge in [-0.25, -0.2) is 15.0 Å². The molecule has 0 aliphatic carbocycles. The van der Waals surface area contributed by atoms with Crippen LogP contribution < -0.4 is 4.74 Å². The van der Waals surface area contributed by atoms with Crippen LogP contribution in [0.3, 0.4) is 0 Å². The second-order valence-electron chi connectivity index (χ2n) is 4.56. The average Bonchev–Trinajstić information content (AvgIpc) is 2.87. The average molecular weight is 278 g/mol. The molecule has 3 aromatic heterocycles. The van der Waals surface area contributed by atoms with Crippen molar-refractivity contribution < 1.29 is 9.84 Å². The van der Waals surface area contributed by atoms with Crippen LogP contribution in [0, 0.1) is 0 Å². The highest BCUT2D eigenvalue weighted by Crippen LogP contribution is 2.29. The number of H-pyrrole nitrogens is 1. The molecule has 0 bridgehead atoms. The first-order valence-electron chi connectivity index (χ1n) is 6.35. The number of rotatable bonds is 2. The first-order valence-corrected chi connectivity index (χ1v) is 6.35. The summed E-state index contributed by atoms with van der Waals surface area (Å²) in [7, 11) is 0. The lowest BCUT2D eigenvalue weighted by molar-refractivity contribution is 0.458. The number of aromatic amines is 1. The number of pyridine rings is 1. The van der Waals surface area contributed by atoms with Gasteiger partial charge in [-0.2, -0.15) is 0 Å². The minimum absolute atomic E-state index is 0.124. The van der Waals surface area contributed by atoms with Gasteiger partial charge < -0.3 is 14.8 Å². The summed E-state index contributed by atoms with van der Waals surface area (Å²) in [5.74, 6) is 1.20. The maximum absolute atomic E-state index is 9.45. The van der Waals surface area contributed by atoms with Crippen molar-refractivity contribution in [2.75, 3.05) is 0 Å². The molecule has 0 fully saturated rings. The fourth-order valence-electron chi connectivity index (χ4n) is 2.22. The van der Waals surface area contributed by atoms with E-state index in [0.29, 0.717) is 17.3 Å². The zero-order chi connectivity index (χ0) is 14.2. The quantitative estimate of drug-likeness (QED) is 0.589. The van der Waals surface area contributed by atoms with Crippen molar-refractivity contribution in [3.05, 3.63) is 48.9 Å². The molecular weight excluding hydrogens is 268 g/mol. The van der Waals surface area contributed by atoms with Gasteiger partial charge in [0.05, 0.1) is 5.39 Å². The molecule has 4 aromatic rings. The minimum atomic E-state index is 0.124. The van der Waals surface area contributed by atoms with Crippen LogP contribution in [-0.4, -0.2) is 25.0 Å². The van der Waals surface area contributed by atoms with Gasteiger partial charge in [-0.1, -0.05) is 0 Å². The lowest BCUT2D eigenvalue weighted by Gasteiger charge is -2.06. The molecule has 0 aliphatic heterocycles. The topological polar surface area (TPSA) is 83.9 Å². The Labute approximate surface area is 119 Å². The number of benzene rings is 1. The predicted octanol–water partition coefficient (Wildman–Crippen LogP) is 3.00. The van der Waals surface area contributed by atoms with E-state index in [1.807, 2.05) is 30.3 Å². The standard InChI is InChI=1S/C15H10N4O2/c20-13-7-9-6-10(3-4-12(9)19-13)21-15-11-2-1-5-16-14(11)17-8-18-15/h1-8,19-20H. The molecule has 0 aliphatic rings. The number of nitrogens with zero attached hydrogens (tertiary/aromatic N) is 3. The monoisotopic (exact) mass is 278 g/mol. The van der Waals surface area contributed by atoms with E-state index in [9.17, 15) is 5.11 Å². The van der Waals surface area contributed by atoms with Gasteiger partial charge in [0.15, 0.2) is 11.5 Å². The van der Waals surface area contributed by atoms with Crippen molar-refractivity contribution in [1.29, 1.82) is 0 Å². The molecule has 0 amide bonds. The van der Waals surface area contributed by atoms with E-state index in [1.165, 1.54) is 6.33 Å². The Morgan fingerprint density at radius 3 is 2.95 bits per heavy atom. The van der Waals surface area contributed by atoms with E-state index in [0.717, 1.165) is 16.3 Å². The highest BCUT2D eigenvalue weighted by molar-refractivity contribution is 5.83. The summed E-state index contributed by atoms with van der Waals surface area (Å²) < 4.78 is 5.82. The van der Waals surface area contributed by atoms with E-state index in [4.69, 9.17) is 4.74 Å². The minimum Gasteiger partial charge on any atom is -0.495 e. The zero-order valence-electron chi connectivity index (χ0n) is 10.8. The molecule has 6 heteroatoms. The summed E-state index contributed by atoms with van der Waals surface area (Å²) in [5, 5.41) is 11.1. The molecule has 21 heavy (non-hydrogen) atoms. The Morgan fingerprint density at radius 2 is 2.00 bits per heavy atom. The highest BCUT2D eigenvalue weighted by Gasteiger charge is 2.07. The molecule has 0 unspecified atom stereocenters. The van der Waals surface area contributed by atoms with Crippen LogP contribution in [0.2, 0.25) is 0 Å². The van der Waals surface area contributed by atoms with E-state index in [2.05, 4.69) is 19.9 Å². The highest BCUT2D eigenvalue weighted by atomic mass is 16.5. The van der Waals surface area contributed by atoms with Gasteiger partial charge in [-0.3, -0.25) is 0 Å². The first kappa shape index (κ1) is 11.7. The molecular formula is C15H10N4O2. The number of ether oxygens (including phenoxy) is 1. The van der Waals surface area contributed by atoms with Crippen molar-refractivity contribution in [3.8, 4) is 17.5 Å². The number of hydrogen-bond acceptors (Lipinski definition) is 5. The maximum atomic E-state index is 9.45. The predicted molar refractivity (Wildman–Crippen MR) is 77.4 cm³/mol. The van der Waals surface area contributed by atoms with Crippen molar-refractivity contribution in [2.24, 2.45) is 0 Å². The molecule has 0 saturated carbocycles. The van der Waals surface area contributed by atoms with Crippen LogP contribution in [0.1, 0.15) is 0 Å². The SMILES string of the molecule is Oc1cc2cc(Oc3ncnc4ncccc34)ccc2[nH]1. The first-order chi connectivity index (χ1) is 10.3. The molecule has 3 heterocycles. The number of fused-ring (bicyclic) bond motifs is 2. The summed E-state index contributed by atoms with van der Waals surface area (Å²) in [5.41, 5.74) is 1.43. The van der Waals surface area contributed by atoms with Crippen molar-refractivity contribution >= 4 is 21.9 Å². The Hall–Kier alpha value is -3.15. The van der Waals surface area contributed by atoms with Crippen LogP contribution in [0.4, 0.5) is 0 Å². The molecule has 0 spiro atoms. The zero-order valence-corrected chi connectivity index (χ0v) is 10.8. The van der Waals surface area contributed by atoms with Crippen LogP contribution in [0.5, 0.6) is 17.5 Å². The van der Waals surface area contributed by atoms with Gasteiger partial charge in [0, 0.05) is 23.2 Å². The second kappa shape index (κ2) is 4.45. The van der Waals surface area contributed by atoms with Crippen LogP contribution >= 0.6 is 0 Å². The third-order valence-electron chi connectivity index (χ3n) is 3.16. The smallest absolute Gasteiger partial charge is 0.231 e. The number of nitrogens with one attached hydrogen (secondary N) is 1. The Morgan fingerprint density at radius 1 is 1.05 bits per heavy atom. The number of aromatic hydroxyl groups is 1. The molecule has 0 atom stereocenters. The normalized spacial score (nSPS) is 11.0. The summed E-state index contributed by atoms with van der Waals surface area (Å²) in [4.78, 5) is 15.3. The summed E-state index contributed by atoms with van der Waals surface area (Å²) in [6, 6.07) is 10.8. The fourth-order valence-corrected chi connectivity index (χ4v) is 2.22. The summed E-state index contributed by atoms with van der Waals surface area (Å²) >= 11 is 0. The van der Waals surface area contributed by atoms with E-state index >= 15 is 0 Å². The maximum Gasteiger partial charge on any atom is 0.231 e. The third-order valence-corrected chi connectivity index (χ3v) is 3.16. The van der Waals surface area contributed by atoms with Crippen molar-refractivity contribution in [1.82, 2.24) is 19.9 Å². The van der Waals surface area contributed by atoms with E-state index in [1.54, 1.807) is 12.3 Å². The summed E-state index contributed by atoms with van der Waals surface area (Å²) in [6.45, 7) is 0. The second-order valence-corrected chi connectivity index (χ2v) is 4.56. The van der Waals surface area contributed by atoms with Crippen LogP contribution in [-0.2, 0) is 0 Å². The van der Waals surface area contributed by atoms with Crippen LogP contribution in [0.15, 0.2) is 48.9 Å². The van der Waals surface area contributed by atoms with Crippen molar-refractivity contribution in [2.45, 2.75) is 0 Å². The van der Waals surface area contributed by atoms with E-state index in [-0.39, 0.29) is 5.88 Å². The molecule has 1 aromatic carbocycles. The lowest BCUT2D eigenvalue weighted by Crippen LogP contribution is -1.92. The molecule has 6 nitrogen and oxygen atoms in total. The van der Waals surface area contributed by atoms with Gasteiger partial charge in [0.25, 0.3) is 0 Å². The Balaban J connectivity index is 1.78. The largest absolute Gasteiger partial charge is 0.495 e. The van der Waals surface area contributed by atoms with Gasteiger partial charge in [-0.15, -0.1) is 0 Å². The molecule has 2 N–H and O–H groups in total. The van der Waals surface area contributed by atoms with Crippen molar-refractivity contribution in [3.63, 3.8) is 0 Å². The summed E-state index contributed by atoms with van der Waals surface area (Å²) in [6.07, 6.45) is 3.10. The molecule has 102 valence electrons. The fraction of sp³-hybridized carbons (Fsp3) is 0. The third kappa shape index (κ3) is 2.02. The van der Waals surface area contributed by atoms with Gasteiger partial charge in [0.1, 0.15) is 12.1 Å². The Bertz CT molecular complexity index is 943. The van der Waals surface area contributed by atoms with E-state index < -0.39 is 0 Å². The molecule has 4 rings (SSSR count). The van der Waals surface area contributed by atoms with Gasteiger partial charge in [0.2, 0.25) is 5.88 Å². The molecule has 0 saturated heterocycles. The number of aromatic nitrogens is 4. The molecule has 0 radical (unpaired) electrons. The van der Waals surface area contributed by atoms with Gasteiger partial charge in [-0.05, 0) is 30.3 Å². The Kier molecular flexibility index (Phi) is 2.47.